The van der Waals surface area contributed by atoms with Gasteiger partial charge in [-0.3, -0.25) is 19.3 Å². The number of imide groups is 1. The van der Waals surface area contributed by atoms with E-state index in [1.807, 2.05) is 0 Å². The fourth-order valence-corrected chi connectivity index (χ4v) is 6.57. The molecule has 7 nitrogen and oxygen atoms in total. The van der Waals surface area contributed by atoms with E-state index in [1.165, 1.54) is 0 Å². The SMILES string of the molecule is NC(=O)C[C@H](C(=O)O)N1C(=O)[C@H]2[C@H](C1=O)C1(Cl)c3ccccc3C2(Cl)c2ccccc21. The van der Waals surface area contributed by atoms with Crippen molar-refractivity contribution in [2.45, 2.75) is 22.2 Å². The molecular formula is C22H16Cl2N2O5. The van der Waals surface area contributed by atoms with Crippen molar-refractivity contribution in [2.75, 3.05) is 0 Å². The second kappa shape index (κ2) is 6.31. The Morgan fingerprint density at radius 2 is 1.26 bits per heavy atom. The van der Waals surface area contributed by atoms with Gasteiger partial charge >= 0.3 is 5.97 Å². The maximum atomic E-state index is 13.6. The zero-order valence-corrected chi connectivity index (χ0v) is 17.4. The summed E-state index contributed by atoms with van der Waals surface area (Å²) in [5, 5.41) is 9.65. The molecule has 4 aliphatic rings. The molecule has 1 heterocycles. The van der Waals surface area contributed by atoms with E-state index in [0.717, 1.165) is 0 Å². The molecule has 3 N–H and O–H groups in total. The molecule has 31 heavy (non-hydrogen) atoms. The Kier molecular flexibility index (Phi) is 4.08. The van der Waals surface area contributed by atoms with Crippen LogP contribution in [0.5, 0.6) is 0 Å². The van der Waals surface area contributed by atoms with Crippen LogP contribution < -0.4 is 5.73 Å². The molecule has 2 aromatic rings. The summed E-state index contributed by atoms with van der Waals surface area (Å²) in [6, 6.07) is 12.4. The molecule has 1 fully saturated rings. The Labute approximate surface area is 186 Å². The summed E-state index contributed by atoms with van der Waals surface area (Å²) in [5.41, 5.74) is 7.62. The molecule has 2 aromatic carbocycles. The van der Waals surface area contributed by atoms with Crippen molar-refractivity contribution in [1.29, 1.82) is 0 Å². The van der Waals surface area contributed by atoms with Crippen molar-refractivity contribution in [3.63, 3.8) is 0 Å². The lowest BCUT2D eigenvalue weighted by atomic mass is 9.54. The number of amides is 3. The van der Waals surface area contributed by atoms with Crippen LogP contribution in [-0.2, 0) is 28.9 Å². The summed E-state index contributed by atoms with van der Waals surface area (Å²) in [6.07, 6.45) is -0.698. The number of halogens is 2. The summed E-state index contributed by atoms with van der Waals surface area (Å²) < 4.78 is 0. The number of hydrogen-bond donors (Lipinski definition) is 2. The first-order valence-corrected chi connectivity index (χ1v) is 10.4. The second-order valence-corrected chi connectivity index (χ2v) is 9.23. The summed E-state index contributed by atoms with van der Waals surface area (Å²) in [4.78, 5) is 48.3. The molecule has 0 aromatic heterocycles. The first-order chi connectivity index (χ1) is 14.6. The highest BCUT2D eigenvalue weighted by Crippen LogP contribution is 2.69. The van der Waals surface area contributed by atoms with Crippen molar-refractivity contribution < 1.29 is 24.3 Å². The van der Waals surface area contributed by atoms with Crippen molar-refractivity contribution in [1.82, 2.24) is 4.90 Å². The van der Waals surface area contributed by atoms with Gasteiger partial charge < -0.3 is 10.8 Å². The average Bonchev–Trinajstić information content (AvgIpc) is 3.01. The van der Waals surface area contributed by atoms with Gasteiger partial charge in [0, 0.05) is 0 Å². The number of alkyl halides is 2. The number of carboxylic acids is 1. The van der Waals surface area contributed by atoms with E-state index in [1.54, 1.807) is 48.5 Å². The van der Waals surface area contributed by atoms with E-state index in [0.29, 0.717) is 27.2 Å². The first kappa shape index (κ1) is 20.0. The van der Waals surface area contributed by atoms with Gasteiger partial charge in [-0.05, 0) is 22.3 Å². The van der Waals surface area contributed by atoms with Crippen LogP contribution in [0.3, 0.4) is 0 Å². The Bertz CT molecular complexity index is 1070. The fourth-order valence-electron chi connectivity index (χ4n) is 5.48. The van der Waals surface area contributed by atoms with Gasteiger partial charge in [-0.2, -0.15) is 0 Å². The van der Waals surface area contributed by atoms with E-state index in [9.17, 15) is 24.3 Å². The minimum Gasteiger partial charge on any atom is -0.480 e. The monoisotopic (exact) mass is 458 g/mol. The number of aliphatic carboxylic acids is 1. The number of rotatable bonds is 4. The van der Waals surface area contributed by atoms with E-state index in [2.05, 4.69) is 0 Å². The standard InChI is InChI=1S/C22H16Cl2N2O5/c23-21-10-5-1-2-6-11(10)22(24,13-8-4-3-7-12(13)21)17-16(21)18(28)26(19(17)29)14(20(30)31)9-15(25)27/h1-8,14,16-17H,9H2,(H2,25,27)(H,30,31)/t14-,16-,17-,21?,22?/m1/s1. The van der Waals surface area contributed by atoms with Crippen LogP contribution in [0, 0.1) is 11.8 Å². The molecule has 9 heteroatoms. The van der Waals surface area contributed by atoms with Gasteiger partial charge in [0.05, 0.1) is 18.3 Å². The van der Waals surface area contributed by atoms with E-state index < -0.39 is 57.7 Å². The highest BCUT2D eigenvalue weighted by Gasteiger charge is 2.73. The Morgan fingerprint density at radius 3 is 1.55 bits per heavy atom. The summed E-state index contributed by atoms with van der Waals surface area (Å²) >= 11 is 14.5. The molecular weight excluding hydrogens is 443 g/mol. The number of benzene rings is 2. The van der Waals surface area contributed by atoms with Gasteiger partial charge in [0.2, 0.25) is 17.7 Å². The van der Waals surface area contributed by atoms with Crippen LogP contribution in [0.15, 0.2) is 48.5 Å². The largest absolute Gasteiger partial charge is 0.480 e. The quantitative estimate of drug-likeness (QED) is 0.535. The molecule has 2 bridgehead atoms. The highest BCUT2D eigenvalue weighted by atomic mass is 35.5. The fraction of sp³-hybridized carbons (Fsp3) is 0.273. The first-order valence-electron chi connectivity index (χ1n) is 9.61. The van der Waals surface area contributed by atoms with Crippen molar-refractivity contribution >= 4 is 46.9 Å². The van der Waals surface area contributed by atoms with E-state index in [-0.39, 0.29) is 0 Å². The molecule has 6 rings (SSSR count). The Morgan fingerprint density at radius 1 is 0.903 bits per heavy atom. The molecule has 0 unspecified atom stereocenters. The van der Waals surface area contributed by atoms with Crippen molar-refractivity contribution in [3.05, 3.63) is 70.8 Å². The van der Waals surface area contributed by atoms with Crippen LogP contribution in [0.2, 0.25) is 0 Å². The lowest BCUT2D eigenvalue weighted by Crippen LogP contribution is -2.57. The number of nitrogens with two attached hydrogens (primary N) is 1. The van der Waals surface area contributed by atoms with Crippen molar-refractivity contribution in [2.24, 2.45) is 17.6 Å². The van der Waals surface area contributed by atoms with Crippen LogP contribution in [0.4, 0.5) is 0 Å². The topological polar surface area (TPSA) is 118 Å². The third kappa shape index (κ3) is 2.25. The number of nitrogens with zero attached hydrogens (tertiary/aromatic N) is 1. The maximum Gasteiger partial charge on any atom is 0.327 e. The van der Waals surface area contributed by atoms with Crippen LogP contribution in [-0.4, -0.2) is 39.7 Å². The van der Waals surface area contributed by atoms with Crippen LogP contribution in [0.25, 0.3) is 0 Å². The molecule has 0 spiro atoms. The molecule has 0 radical (unpaired) electrons. The number of carboxylic acid groups (broad SMARTS) is 1. The number of primary amides is 1. The average molecular weight is 459 g/mol. The zero-order valence-electron chi connectivity index (χ0n) is 15.9. The minimum absolute atomic E-state index is 0.608. The normalized spacial score (nSPS) is 31.1. The van der Waals surface area contributed by atoms with Gasteiger partial charge in [0.1, 0.15) is 15.8 Å². The van der Waals surface area contributed by atoms with E-state index in [4.69, 9.17) is 28.9 Å². The van der Waals surface area contributed by atoms with Crippen LogP contribution in [0.1, 0.15) is 28.7 Å². The number of carbonyl (C=O) groups is 4. The van der Waals surface area contributed by atoms with Crippen LogP contribution >= 0.6 is 23.2 Å². The summed E-state index contributed by atoms with van der Waals surface area (Å²) in [7, 11) is 0. The van der Waals surface area contributed by atoms with Gasteiger partial charge in [0.25, 0.3) is 0 Å². The lowest BCUT2D eigenvalue weighted by Gasteiger charge is -2.54. The molecule has 158 valence electrons. The highest BCUT2D eigenvalue weighted by molar-refractivity contribution is 6.36. The van der Waals surface area contributed by atoms with Gasteiger partial charge in [-0.15, -0.1) is 23.2 Å². The molecule has 0 saturated carbocycles. The number of carbonyl (C=O) groups excluding carboxylic acids is 3. The van der Waals surface area contributed by atoms with Gasteiger partial charge in [-0.1, -0.05) is 48.5 Å². The summed E-state index contributed by atoms with van der Waals surface area (Å²) in [6.45, 7) is 0. The molecule has 1 saturated heterocycles. The molecule has 1 aliphatic heterocycles. The third-order valence-corrected chi connectivity index (χ3v) is 7.90. The zero-order chi connectivity index (χ0) is 22.3. The van der Waals surface area contributed by atoms with Crippen molar-refractivity contribution in [3.8, 4) is 0 Å². The third-order valence-electron chi connectivity index (χ3n) is 6.61. The molecule has 3 atom stereocenters. The van der Waals surface area contributed by atoms with Gasteiger partial charge in [0.15, 0.2) is 0 Å². The number of hydrogen-bond acceptors (Lipinski definition) is 4. The summed E-state index contributed by atoms with van der Waals surface area (Å²) in [5.74, 6) is -6.25. The second-order valence-electron chi connectivity index (χ2n) is 8.04. The molecule has 3 amide bonds. The predicted octanol–water partition coefficient (Wildman–Crippen LogP) is 1.91. The Hall–Kier alpha value is -2.90. The minimum atomic E-state index is -1.73. The predicted molar refractivity (Wildman–Crippen MR) is 110 cm³/mol. The number of likely N-dealkylation sites (tertiary alicyclic amines) is 1. The lowest BCUT2D eigenvalue weighted by molar-refractivity contribution is -0.156. The van der Waals surface area contributed by atoms with Gasteiger partial charge in [-0.25, -0.2) is 4.79 Å². The Balaban J connectivity index is 1.79. The smallest absolute Gasteiger partial charge is 0.327 e. The molecule has 3 aliphatic carbocycles. The maximum absolute atomic E-state index is 13.6. The van der Waals surface area contributed by atoms with E-state index >= 15 is 0 Å².